The second-order valence-corrected chi connectivity index (χ2v) is 15.6. The average Bonchev–Trinajstić information content (AvgIpc) is 4.05. The number of aromatic nitrogens is 4. The maximum Gasteiger partial charge on any atom is 0.404 e. The van der Waals surface area contributed by atoms with E-state index in [0.717, 1.165) is 89.4 Å². The lowest BCUT2D eigenvalue weighted by molar-refractivity contribution is -0.139. The summed E-state index contributed by atoms with van der Waals surface area (Å²) in [6, 6.07) is 25.8. The lowest BCUT2D eigenvalue weighted by atomic mass is 9.83. The van der Waals surface area contributed by atoms with Crippen molar-refractivity contribution in [1.29, 1.82) is 0 Å². The molecule has 56 heavy (non-hydrogen) atoms. The molecule has 2 aromatic heterocycles. The number of likely N-dealkylation sites (tertiary alicyclic amines) is 2. The molecule has 0 bridgehead atoms. The molecule has 12 nitrogen and oxygen atoms in total. The van der Waals surface area contributed by atoms with Crippen LogP contribution in [-0.2, 0) is 9.59 Å². The Kier molecular flexibility index (Phi) is 10.7. The van der Waals surface area contributed by atoms with Crippen molar-refractivity contribution in [3.05, 3.63) is 108 Å². The van der Waals surface area contributed by atoms with E-state index < -0.39 is 6.09 Å². The van der Waals surface area contributed by atoms with Gasteiger partial charge in [0.05, 0.1) is 41.8 Å². The van der Waals surface area contributed by atoms with Gasteiger partial charge in [0.25, 0.3) is 0 Å². The van der Waals surface area contributed by atoms with Crippen LogP contribution in [0.4, 0.5) is 4.79 Å². The van der Waals surface area contributed by atoms with E-state index in [1.54, 1.807) is 0 Å². The van der Waals surface area contributed by atoms with Gasteiger partial charge in [-0.25, -0.2) is 14.8 Å². The fraction of sp³-hybridized carbons (Fsp3) is 0.386. The van der Waals surface area contributed by atoms with Crippen LogP contribution in [0.2, 0.25) is 0 Å². The normalized spacial score (nSPS) is 21.7. The Labute approximate surface area is 327 Å². The number of nitrogens with zero attached hydrogens (tertiary/aromatic N) is 5. The van der Waals surface area contributed by atoms with Crippen molar-refractivity contribution >= 4 is 17.9 Å². The standard InChI is InChI=1S/C44H50N8O4/c1-50(2)39(32-10-4-3-5-11-32)43(54)52-25-9-15-38(52)41-46-27-36(48-41)31-22-18-29(19-23-31)28-16-20-30(21-17-28)35-26-45-40(47-35)37-14-8-24-51(37)42(53)33-12-6-7-13-34(33)49-44(55)56/h3-5,10-11,16-23,26-27,33-34,37-39,49H,6-9,12-15,24-25H2,1-2H3,(H,45,47)(H,46,48)(H,55,56)/t33-,34+,37-,38-,39+/m0/s1. The zero-order valence-corrected chi connectivity index (χ0v) is 32.0. The zero-order chi connectivity index (χ0) is 38.8. The van der Waals surface area contributed by atoms with Gasteiger partial charge in [0.2, 0.25) is 11.8 Å². The van der Waals surface area contributed by atoms with Crippen LogP contribution in [0.25, 0.3) is 33.6 Å². The van der Waals surface area contributed by atoms with Gasteiger partial charge in [-0.2, -0.15) is 0 Å². The molecule has 0 spiro atoms. The van der Waals surface area contributed by atoms with Crippen molar-refractivity contribution in [3.63, 3.8) is 0 Å². The average molecular weight is 755 g/mol. The van der Waals surface area contributed by atoms with Gasteiger partial charge in [0.1, 0.15) is 17.7 Å². The van der Waals surface area contributed by atoms with E-state index in [1.165, 1.54) is 0 Å². The van der Waals surface area contributed by atoms with E-state index in [4.69, 9.17) is 9.97 Å². The van der Waals surface area contributed by atoms with Gasteiger partial charge in [0.15, 0.2) is 0 Å². The van der Waals surface area contributed by atoms with E-state index in [2.05, 4.69) is 63.8 Å². The highest BCUT2D eigenvalue weighted by Gasteiger charge is 2.40. The van der Waals surface area contributed by atoms with Crippen LogP contribution in [-0.4, -0.2) is 90.9 Å². The van der Waals surface area contributed by atoms with Gasteiger partial charge in [-0.1, -0.05) is 91.7 Å². The fourth-order valence-corrected chi connectivity index (χ4v) is 9.04. The molecule has 5 aromatic rings. The van der Waals surface area contributed by atoms with Crippen LogP contribution < -0.4 is 5.32 Å². The van der Waals surface area contributed by atoms with Crippen molar-refractivity contribution in [3.8, 4) is 33.6 Å². The molecule has 3 fully saturated rings. The summed E-state index contributed by atoms with van der Waals surface area (Å²) >= 11 is 0. The highest BCUT2D eigenvalue weighted by molar-refractivity contribution is 5.84. The first-order valence-corrected chi connectivity index (χ1v) is 19.9. The molecule has 5 atom stereocenters. The van der Waals surface area contributed by atoms with Crippen LogP contribution in [0.5, 0.6) is 0 Å². The van der Waals surface area contributed by atoms with E-state index in [0.29, 0.717) is 25.9 Å². The molecule has 3 aromatic carbocycles. The highest BCUT2D eigenvalue weighted by atomic mass is 16.4. The minimum Gasteiger partial charge on any atom is -0.465 e. The second-order valence-electron chi connectivity index (χ2n) is 15.6. The summed E-state index contributed by atoms with van der Waals surface area (Å²) in [7, 11) is 3.90. The molecule has 3 amide bonds. The number of nitrogens with one attached hydrogen (secondary N) is 3. The molecule has 2 aliphatic heterocycles. The molecular formula is C44H50N8O4. The van der Waals surface area contributed by atoms with Gasteiger partial charge in [-0.3, -0.25) is 14.5 Å². The number of benzene rings is 3. The summed E-state index contributed by atoms with van der Waals surface area (Å²) in [5.41, 5.74) is 7.00. The Hall–Kier alpha value is -5.75. The molecule has 1 aliphatic carbocycles. The van der Waals surface area contributed by atoms with E-state index in [-0.39, 0.29) is 41.9 Å². The summed E-state index contributed by atoms with van der Waals surface area (Å²) in [5, 5.41) is 11.9. The van der Waals surface area contributed by atoms with E-state index in [9.17, 15) is 19.5 Å². The summed E-state index contributed by atoms with van der Waals surface area (Å²) in [6.45, 7) is 1.36. The summed E-state index contributed by atoms with van der Waals surface area (Å²) < 4.78 is 0. The molecule has 0 radical (unpaired) electrons. The van der Waals surface area contributed by atoms with Crippen molar-refractivity contribution in [2.45, 2.75) is 75.5 Å². The first-order chi connectivity index (χ1) is 27.2. The van der Waals surface area contributed by atoms with Crippen LogP contribution in [0.1, 0.15) is 86.7 Å². The number of carboxylic acid groups (broad SMARTS) is 1. The van der Waals surface area contributed by atoms with Crippen molar-refractivity contribution in [1.82, 2.24) is 40.0 Å². The number of likely N-dealkylation sites (N-methyl/N-ethyl adjacent to an activating group) is 1. The van der Waals surface area contributed by atoms with Crippen LogP contribution in [0, 0.1) is 5.92 Å². The first-order valence-electron chi connectivity index (χ1n) is 19.9. The van der Waals surface area contributed by atoms with Gasteiger partial charge < -0.3 is 30.2 Å². The Morgan fingerprint density at radius 2 is 1.21 bits per heavy atom. The fourth-order valence-electron chi connectivity index (χ4n) is 9.04. The van der Waals surface area contributed by atoms with Crippen LogP contribution in [0.3, 0.4) is 0 Å². The Morgan fingerprint density at radius 1 is 0.696 bits per heavy atom. The minimum absolute atomic E-state index is 0.0250. The molecule has 12 heteroatoms. The number of amides is 3. The third-order valence-electron chi connectivity index (χ3n) is 11.9. The Balaban J connectivity index is 0.919. The number of H-pyrrole nitrogens is 2. The molecule has 3 aliphatic rings. The van der Waals surface area contributed by atoms with Crippen molar-refractivity contribution in [2.75, 3.05) is 27.2 Å². The first kappa shape index (κ1) is 37.2. The second kappa shape index (κ2) is 16.2. The van der Waals surface area contributed by atoms with Crippen LogP contribution in [0.15, 0.2) is 91.3 Å². The minimum atomic E-state index is -1.07. The lowest BCUT2D eigenvalue weighted by Gasteiger charge is -2.35. The molecule has 1 saturated carbocycles. The molecule has 4 heterocycles. The predicted octanol–water partition coefficient (Wildman–Crippen LogP) is 7.59. The summed E-state index contributed by atoms with van der Waals surface area (Å²) in [6.07, 6.45) is 9.38. The maximum atomic E-state index is 13.9. The number of hydrogen-bond donors (Lipinski definition) is 4. The van der Waals surface area contributed by atoms with Gasteiger partial charge in [0, 0.05) is 19.1 Å². The van der Waals surface area contributed by atoms with Gasteiger partial charge in [-0.15, -0.1) is 0 Å². The molecular weight excluding hydrogens is 705 g/mol. The molecule has 290 valence electrons. The quantitative estimate of drug-likeness (QED) is 0.115. The number of hydrogen-bond acceptors (Lipinski definition) is 6. The molecule has 4 N–H and O–H groups in total. The molecule has 8 rings (SSSR count). The molecule has 2 saturated heterocycles. The largest absolute Gasteiger partial charge is 0.465 e. The molecule has 0 unspecified atom stereocenters. The SMILES string of the molecule is CN(C)[C@@H](C(=O)N1CCC[C@H]1c1ncc(-c2ccc(-c3ccc(-c4cnc([C@@H]5CCCN5C(=O)[C@H]5CCCC[C@H]5NC(=O)O)[nH]4)cc3)cc2)[nH]1)c1ccccc1. The number of carbonyl (C=O) groups is 3. The maximum absolute atomic E-state index is 13.9. The van der Waals surface area contributed by atoms with Crippen LogP contribution >= 0.6 is 0 Å². The monoisotopic (exact) mass is 754 g/mol. The Bertz CT molecular complexity index is 2150. The van der Waals surface area contributed by atoms with Crippen molar-refractivity contribution in [2.24, 2.45) is 5.92 Å². The summed E-state index contributed by atoms with van der Waals surface area (Å²) in [5.74, 6) is 1.37. The Morgan fingerprint density at radius 3 is 1.77 bits per heavy atom. The third kappa shape index (κ3) is 7.58. The van der Waals surface area contributed by atoms with E-state index >= 15 is 0 Å². The third-order valence-corrected chi connectivity index (χ3v) is 11.9. The predicted molar refractivity (Wildman–Crippen MR) is 214 cm³/mol. The van der Waals surface area contributed by atoms with Gasteiger partial charge >= 0.3 is 6.09 Å². The topological polar surface area (TPSA) is 151 Å². The van der Waals surface area contributed by atoms with Crippen molar-refractivity contribution < 1.29 is 19.5 Å². The van der Waals surface area contributed by atoms with Gasteiger partial charge in [-0.05, 0) is 80.4 Å². The van der Waals surface area contributed by atoms with E-state index in [1.807, 2.05) is 71.5 Å². The lowest BCUT2D eigenvalue weighted by Crippen LogP contribution is -2.49. The highest BCUT2D eigenvalue weighted by Crippen LogP contribution is 2.37. The number of rotatable bonds is 10. The number of carbonyl (C=O) groups excluding carboxylic acids is 2. The number of aromatic amines is 2. The smallest absolute Gasteiger partial charge is 0.404 e. The summed E-state index contributed by atoms with van der Waals surface area (Å²) in [4.78, 5) is 61.4. The zero-order valence-electron chi connectivity index (χ0n) is 32.0. The number of imidazole rings is 2.